The highest BCUT2D eigenvalue weighted by Crippen LogP contribution is 2.42. The number of carbonyl (C=O) groups is 1. The third kappa shape index (κ3) is 16.5. The van der Waals surface area contributed by atoms with Gasteiger partial charge in [-0.2, -0.15) is 0 Å². The Balaban J connectivity index is 0.000000227. The Morgan fingerprint density at radius 2 is 0.972 bits per heavy atom. The first-order chi connectivity index (χ1) is 33.0. The van der Waals surface area contributed by atoms with E-state index in [0.29, 0.717) is 56.5 Å². The molecule has 1 aromatic heterocycles. The van der Waals surface area contributed by atoms with E-state index in [9.17, 15) is 4.79 Å². The molecule has 0 spiro atoms. The Labute approximate surface area is 436 Å². The van der Waals surface area contributed by atoms with Gasteiger partial charge in [0.25, 0.3) is 5.91 Å². The lowest BCUT2D eigenvalue weighted by Crippen LogP contribution is -2.57. The van der Waals surface area contributed by atoms with Crippen LogP contribution >= 0.6 is 0 Å². The smallest absolute Gasteiger partial charge is 0.259 e. The minimum atomic E-state index is -0.973. The van der Waals surface area contributed by atoms with E-state index in [-0.39, 0.29) is 30.7 Å². The molecular weight excluding hydrogens is 917 g/mol. The molecule has 2 aromatic carbocycles. The molecule has 71 heavy (non-hydrogen) atoms. The topological polar surface area (TPSA) is 75.1 Å². The largest absolute Gasteiger partial charge is 0.347 e. The second-order valence-electron chi connectivity index (χ2n) is 23.0. The van der Waals surface area contributed by atoms with Gasteiger partial charge < -0.3 is 32.6 Å². The quantitative estimate of drug-likeness (QED) is 0.224. The van der Waals surface area contributed by atoms with Gasteiger partial charge >= 0.3 is 0 Å². The van der Waals surface area contributed by atoms with Crippen LogP contribution < -0.4 is 0 Å². The molecule has 8 rings (SSSR count). The molecule has 402 valence electrons. The zero-order valence-corrected chi connectivity index (χ0v) is 51.1. The summed E-state index contributed by atoms with van der Waals surface area (Å²) in [6.07, 6.45) is 0.234. The molecular formula is C58H102N6O5Si2. The van der Waals surface area contributed by atoms with Gasteiger partial charge in [-0.3, -0.25) is 19.5 Å². The molecule has 0 saturated carbocycles. The number of rotatable bonds is 6. The summed E-state index contributed by atoms with van der Waals surface area (Å²) in [4.78, 5) is 20.6. The Kier molecular flexibility index (Phi) is 24.2. The maximum Gasteiger partial charge on any atom is 0.259 e. The molecule has 1 amide bonds. The average Bonchev–Trinajstić information content (AvgIpc) is 3.92. The van der Waals surface area contributed by atoms with Crippen LogP contribution in [0.4, 0.5) is 0 Å². The Hall–Kier alpha value is -2.96. The third-order valence-corrected chi connectivity index (χ3v) is 25.2. The summed E-state index contributed by atoms with van der Waals surface area (Å²) in [5, 5.41) is 0. The highest BCUT2D eigenvalue weighted by molar-refractivity contribution is 6.95. The van der Waals surface area contributed by atoms with Crippen molar-refractivity contribution in [3.8, 4) is 0 Å². The normalized spacial score (nSPS) is 24.1. The monoisotopic (exact) mass is 1020 g/mol. The van der Waals surface area contributed by atoms with Crippen LogP contribution in [0, 0.1) is 13.8 Å². The first kappa shape index (κ1) is 62.3. The zero-order valence-electron chi connectivity index (χ0n) is 49.1. The molecule has 4 atom stereocenters. The molecule has 5 aliphatic heterocycles. The van der Waals surface area contributed by atoms with Gasteiger partial charge in [-0.1, -0.05) is 89.1 Å². The Morgan fingerprint density at radius 3 is 1.30 bits per heavy atom. The van der Waals surface area contributed by atoms with Crippen molar-refractivity contribution < 1.29 is 23.7 Å². The highest BCUT2D eigenvalue weighted by atomic mass is 28.4. The van der Waals surface area contributed by atoms with Gasteiger partial charge in [-0.05, 0) is 165 Å². The van der Waals surface area contributed by atoms with Gasteiger partial charge in [0.15, 0.2) is 6.29 Å². The van der Waals surface area contributed by atoms with E-state index < -0.39 is 16.5 Å². The number of amides is 1. The van der Waals surface area contributed by atoms with Crippen LogP contribution in [0.3, 0.4) is 0 Å². The number of hydrogen-bond acceptors (Lipinski definition) is 9. The molecule has 3 aromatic rings. The standard InChI is InChI=1S/C13H19N.C12H13NO.C9H19NO2.C9H23NSi2.C9H15N.C6H13NO2/c1-9(2)14-10(3)12-7-5-6-8-13(12)11(14)4;1-8(2)13-9(3)10-6-4-5-7-11(10)12(13)14;1-6(2)10-7(3)11-9(5)12-8(10)4;1-9(2)10-11(3,4)7-8-12(10,5)6;1-7(2)10-8(3)5-6-9(10)4;1-6(2)7-3-8-5-9-4-7/h5-11H,1-4H3;4-8H,3H2,1-2H3;6-9H,1-5H3;9H,7-8H2,1-6H3;5-7H,1-4H3;6H,3-5H2,1-2H3. The number of carbonyl (C=O) groups excluding carboxylic acids is 1. The average molecular weight is 1020 g/mol. The molecule has 0 bridgehead atoms. The van der Waals surface area contributed by atoms with Crippen LogP contribution in [-0.4, -0.2) is 120 Å². The molecule has 11 nitrogen and oxygen atoms in total. The SMILES string of the molecule is C=C1c2ccccc2C(=O)N1C(C)C.CC(C)N1C(C)c2ccccc2C1C.CC(C)N1COCOC1.CC(C)N1[Si](C)(C)CC[Si]1(C)C.CC1OC(C)N(C(C)C)C(C)O1.Cc1ccc(C)n1C(C)C. The van der Waals surface area contributed by atoms with E-state index in [4.69, 9.17) is 18.9 Å². The molecule has 3 fully saturated rings. The number of nitrogens with zero attached hydrogens (tertiary/aromatic N) is 6. The fourth-order valence-corrected chi connectivity index (χ4v) is 27.2. The van der Waals surface area contributed by atoms with Gasteiger partial charge in [0, 0.05) is 70.5 Å². The molecule has 4 unspecified atom stereocenters. The maximum absolute atomic E-state index is 11.9. The Morgan fingerprint density at radius 1 is 0.549 bits per heavy atom. The number of ether oxygens (including phenoxy) is 4. The van der Waals surface area contributed by atoms with Crippen molar-refractivity contribution in [3.05, 3.63) is 101 Å². The van der Waals surface area contributed by atoms with Crippen molar-refractivity contribution >= 4 is 28.1 Å². The fraction of sp³-hybridized carbons (Fsp3) is 0.672. The van der Waals surface area contributed by atoms with Crippen molar-refractivity contribution in [2.45, 2.75) is 237 Å². The summed E-state index contributed by atoms with van der Waals surface area (Å²) in [6.45, 7) is 57.2. The summed E-state index contributed by atoms with van der Waals surface area (Å²) >= 11 is 0. The molecule has 0 N–H and O–H groups in total. The first-order valence-electron chi connectivity index (χ1n) is 26.9. The molecule has 6 heterocycles. The fourth-order valence-electron chi connectivity index (χ4n) is 11.8. The predicted octanol–water partition coefficient (Wildman–Crippen LogP) is 14.3. The highest BCUT2D eigenvalue weighted by Gasteiger charge is 2.48. The van der Waals surface area contributed by atoms with Crippen LogP contribution in [0.25, 0.3) is 5.70 Å². The molecule has 13 heteroatoms. The lowest BCUT2D eigenvalue weighted by atomic mass is 10.0. The van der Waals surface area contributed by atoms with Crippen LogP contribution in [0.1, 0.15) is 174 Å². The van der Waals surface area contributed by atoms with E-state index in [2.05, 4.69) is 203 Å². The van der Waals surface area contributed by atoms with Crippen LogP contribution in [-0.2, 0) is 18.9 Å². The lowest BCUT2D eigenvalue weighted by molar-refractivity contribution is -0.311. The van der Waals surface area contributed by atoms with E-state index in [0.717, 1.165) is 22.9 Å². The molecule has 3 saturated heterocycles. The minimum Gasteiger partial charge on any atom is -0.347 e. The van der Waals surface area contributed by atoms with E-state index in [1.165, 1.54) is 34.6 Å². The second-order valence-corrected chi connectivity index (χ2v) is 32.7. The van der Waals surface area contributed by atoms with Crippen molar-refractivity contribution in [3.63, 3.8) is 0 Å². The molecule has 0 aliphatic carbocycles. The Bertz CT molecular complexity index is 1980. The van der Waals surface area contributed by atoms with Crippen molar-refractivity contribution in [1.29, 1.82) is 0 Å². The van der Waals surface area contributed by atoms with E-state index in [1.54, 1.807) is 4.90 Å². The summed E-state index contributed by atoms with van der Waals surface area (Å²) < 4.78 is 26.4. The summed E-state index contributed by atoms with van der Waals surface area (Å²) in [5.74, 6) is 0.0700. The summed E-state index contributed by atoms with van der Waals surface area (Å²) in [6, 6.07) is 28.1. The van der Waals surface area contributed by atoms with Gasteiger partial charge in [-0.25, -0.2) is 0 Å². The predicted molar refractivity (Wildman–Crippen MR) is 304 cm³/mol. The lowest BCUT2D eigenvalue weighted by Gasteiger charge is -2.43. The summed E-state index contributed by atoms with van der Waals surface area (Å²) in [7, 11) is -1.95. The van der Waals surface area contributed by atoms with Gasteiger partial charge in [0.2, 0.25) is 0 Å². The van der Waals surface area contributed by atoms with Crippen molar-refractivity contribution in [2.75, 3.05) is 20.3 Å². The third-order valence-electron chi connectivity index (χ3n) is 14.5. The second kappa shape index (κ2) is 27.5. The van der Waals surface area contributed by atoms with Crippen molar-refractivity contribution in [1.82, 2.24) is 28.4 Å². The number of hydrogen-bond donors (Lipinski definition) is 0. The molecule has 5 aliphatic rings. The number of aryl methyl sites for hydroxylation is 2. The minimum absolute atomic E-state index is 0.0700. The van der Waals surface area contributed by atoms with E-state index in [1.807, 2.05) is 45.0 Å². The van der Waals surface area contributed by atoms with Gasteiger partial charge in [-0.15, -0.1) is 0 Å². The van der Waals surface area contributed by atoms with Crippen LogP contribution in [0.5, 0.6) is 0 Å². The van der Waals surface area contributed by atoms with Gasteiger partial charge in [0.05, 0.1) is 0 Å². The number of benzene rings is 2. The number of fused-ring (bicyclic) bond motifs is 2. The van der Waals surface area contributed by atoms with Crippen molar-refractivity contribution in [2.24, 2.45) is 0 Å². The zero-order chi connectivity index (χ0) is 53.9. The van der Waals surface area contributed by atoms with Crippen LogP contribution in [0.2, 0.25) is 38.3 Å². The van der Waals surface area contributed by atoms with E-state index >= 15 is 0 Å². The summed E-state index contributed by atoms with van der Waals surface area (Å²) in [5.41, 5.74) is 8.28. The van der Waals surface area contributed by atoms with Crippen LogP contribution in [0.15, 0.2) is 67.2 Å². The first-order valence-corrected chi connectivity index (χ1v) is 33.2. The maximum atomic E-state index is 11.9. The molecule has 0 radical (unpaired) electrons. The van der Waals surface area contributed by atoms with Gasteiger partial charge in [0.1, 0.15) is 49.2 Å². The number of aromatic nitrogens is 1.